The average molecular weight is 548 g/mol. The van der Waals surface area contributed by atoms with Crippen LogP contribution in [-0.4, -0.2) is 98.0 Å². The minimum atomic E-state index is -1.21. The van der Waals surface area contributed by atoms with Gasteiger partial charge in [0.1, 0.15) is 6.10 Å². The van der Waals surface area contributed by atoms with Crippen molar-refractivity contribution in [3.63, 3.8) is 0 Å². The van der Waals surface area contributed by atoms with Crippen LogP contribution in [0.3, 0.4) is 0 Å². The van der Waals surface area contributed by atoms with E-state index in [-0.39, 0.29) is 6.61 Å². The monoisotopic (exact) mass is 547 g/mol. The Morgan fingerprint density at radius 2 is 0.947 bits per heavy atom. The van der Waals surface area contributed by atoms with Crippen molar-refractivity contribution in [2.24, 2.45) is 5.41 Å². The number of carbonyl (C=O) groups is 1. The number of hydrogen-bond acceptors (Lipinski definition) is 9. The third-order valence-electron chi connectivity index (χ3n) is 5.57. The fourth-order valence-electron chi connectivity index (χ4n) is 3.47. The zero-order valence-corrected chi connectivity index (χ0v) is 24.4. The average Bonchev–Trinajstić information content (AvgIpc) is 2.86. The zero-order chi connectivity index (χ0) is 28.2. The van der Waals surface area contributed by atoms with Gasteiger partial charge in [-0.2, -0.15) is 0 Å². The molecule has 0 spiro atoms. The molecule has 0 aromatic rings. The molecule has 1 unspecified atom stereocenters. The Kier molecular flexibility index (Phi) is 26.7. The summed E-state index contributed by atoms with van der Waals surface area (Å²) >= 11 is 0. The van der Waals surface area contributed by atoms with Gasteiger partial charge >= 0.3 is 0 Å². The Labute approximate surface area is 231 Å². The first kappa shape index (κ1) is 36.9. The van der Waals surface area contributed by atoms with E-state index in [9.17, 15) is 9.90 Å². The molecule has 0 rings (SSSR count). The highest BCUT2D eigenvalue weighted by Crippen LogP contribution is 2.21. The van der Waals surface area contributed by atoms with E-state index in [1.54, 1.807) is 20.8 Å². The lowest BCUT2D eigenvalue weighted by Crippen LogP contribution is -2.46. The number of ether oxygens (including phenoxy) is 7. The molecular weight excluding hydrogens is 492 g/mol. The molecule has 0 aliphatic heterocycles. The van der Waals surface area contributed by atoms with Crippen LogP contribution in [0.5, 0.6) is 0 Å². The Morgan fingerprint density at radius 3 is 1.32 bits per heavy atom. The molecule has 9 nitrogen and oxygen atoms in total. The lowest BCUT2D eigenvalue weighted by atomic mass is 9.89. The van der Waals surface area contributed by atoms with E-state index in [1.807, 2.05) is 6.08 Å². The van der Waals surface area contributed by atoms with E-state index in [2.05, 4.69) is 6.58 Å². The summed E-state index contributed by atoms with van der Waals surface area (Å²) in [5, 5.41) is 11.1. The molecule has 0 aromatic heterocycles. The van der Waals surface area contributed by atoms with Crippen LogP contribution < -0.4 is 5.11 Å². The van der Waals surface area contributed by atoms with Crippen LogP contribution in [-0.2, 0) is 38.0 Å². The van der Waals surface area contributed by atoms with Gasteiger partial charge in [-0.25, -0.2) is 0 Å². The summed E-state index contributed by atoms with van der Waals surface area (Å²) in [5.74, 6) is -1.21. The van der Waals surface area contributed by atoms with E-state index in [0.29, 0.717) is 72.7 Å². The number of unbranched alkanes of at least 4 members (excludes halogenated alkanes) is 7. The van der Waals surface area contributed by atoms with E-state index >= 15 is 0 Å². The molecular formula is C29H55O9-. The number of carbonyl (C=O) groups excluding carboxylic acids is 1. The Morgan fingerprint density at radius 1 is 0.605 bits per heavy atom. The van der Waals surface area contributed by atoms with Crippen LogP contribution in [0.4, 0.5) is 0 Å². The third kappa shape index (κ3) is 26.5. The van der Waals surface area contributed by atoms with E-state index in [1.165, 1.54) is 38.5 Å². The fraction of sp³-hybridized carbons (Fsp3) is 0.897. The van der Waals surface area contributed by atoms with Crippen molar-refractivity contribution >= 4 is 5.97 Å². The number of hydrogen-bond donors (Lipinski definition) is 0. The lowest BCUT2D eigenvalue weighted by molar-refractivity contribution is -0.321. The van der Waals surface area contributed by atoms with Crippen molar-refractivity contribution in [2.45, 2.75) is 78.2 Å². The van der Waals surface area contributed by atoms with Crippen molar-refractivity contribution in [1.29, 1.82) is 0 Å². The normalized spacial score (nSPS) is 12.6. The van der Waals surface area contributed by atoms with Gasteiger partial charge in [-0.1, -0.05) is 59.0 Å². The molecule has 9 heteroatoms. The summed E-state index contributed by atoms with van der Waals surface area (Å²) < 4.78 is 38.2. The Bertz CT molecular complexity index is 523. The van der Waals surface area contributed by atoms with E-state index < -0.39 is 17.5 Å². The molecule has 0 radical (unpaired) electrons. The van der Waals surface area contributed by atoms with Crippen LogP contribution in [0, 0.1) is 5.41 Å². The van der Waals surface area contributed by atoms with Crippen LogP contribution in [0.1, 0.15) is 72.1 Å². The summed E-state index contributed by atoms with van der Waals surface area (Å²) in [5.41, 5.74) is -0.527. The molecule has 0 saturated heterocycles. The Balaban J connectivity index is 3.18. The van der Waals surface area contributed by atoms with Crippen molar-refractivity contribution in [1.82, 2.24) is 0 Å². The predicted molar refractivity (Wildman–Crippen MR) is 146 cm³/mol. The van der Waals surface area contributed by atoms with Gasteiger partial charge in [0.05, 0.1) is 85.3 Å². The number of carboxylic acids is 1. The van der Waals surface area contributed by atoms with Crippen molar-refractivity contribution in [3.05, 3.63) is 12.7 Å². The van der Waals surface area contributed by atoms with Gasteiger partial charge < -0.3 is 43.1 Å². The standard InChI is InChI=1S/C29H56O9/c1-5-6-7-8-9-10-11-12-13-14-32-15-16-33-17-18-34-19-20-35-21-22-36-23-24-37-25-26-38-27(28(30)31)29(2,3)4/h5,27H,1,6-26H2,2-4H3,(H,30,31)/p-1. The molecule has 0 fully saturated rings. The van der Waals surface area contributed by atoms with Crippen molar-refractivity contribution < 1.29 is 43.1 Å². The molecule has 0 aliphatic rings. The lowest BCUT2D eigenvalue weighted by Gasteiger charge is -2.31. The van der Waals surface area contributed by atoms with Crippen LogP contribution >= 0.6 is 0 Å². The van der Waals surface area contributed by atoms with E-state index in [0.717, 1.165) is 19.4 Å². The highest BCUT2D eigenvalue weighted by Gasteiger charge is 2.26. The molecule has 38 heavy (non-hydrogen) atoms. The summed E-state index contributed by atoms with van der Waals surface area (Å²) in [6.07, 6.45) is 11.1. The van der Waals surface area contributed by atoms with Gasteiger partial charge in [0.15, 0.2) is 0 Å². The number of rotatable bonds is 30. The summed E-state index contributed by atoms with van der Waals surface area (Å²) in [6, 6.07) is 0. The minimum Gasteiger partial charge on any atom is -0.547 e. The summed E-state index contributed by atoms with van der Waals surface area (Å²) in [4.78, 5) is 11.1. The Hall–Kier alpha value is -1.07. The van der Waals surface area contributed by atoms with Gasteiger partial charge in [0.2, 0.25) is 0 Å². The molecule has 0 bridgehead atoms. The second-order valence-corrected chi connectivity index (χ2v) is 10.2. The number of allylic oxidation sites excluding steroid dienone is 1. The highest BCUT2D eigenvalue weighted by atomic mass is 16.6. The van der Waals surface area contributed by atoms with Gasteiger partial charge in [-0.3, -0.25) is 0 Å². The molecule has 0 saturated carbocycles. The zero-order valence-electron chi connectivity index (χ0n) is 24.4. The quantitative estimate of drug-likeness (QED) is 0.0986. The maximum absolute atomic E-state index is 11.1. The topological polar surface area (TPSA) is 105 Å². The van der Waals surface area contributed by atoms with Gasteiger partial charge in [0.25, 0.3) is 0 Å². The molecule has 1 atom stereocenters. The molecule has 0 aliphatic carbocycles. The molecule has 0 N–H and O–H groups in total. The third-order valence-corrected chi connectivity index (χ3v) is 5.57. The summed E-state index contributed by atoms with van der Waals surface area (Å²) in [7, 11) is 0. The van der Waals surface area contributed by atoms with Crippen molar-refractivity contribution in [3.8, 4) is 0 Å². The smallest absolute Gasteiger partial charge is 0.102 e. The van der Waals surface area contributed by atoms with Gasteiger partial charge in [-0.05, 0) is 24.7 Å². The van der Waals surface area contributed by atoms with Crippen molar-refractivity contribution in [2.75, 3.05) is 85.9 Å². The summed E-state index contributed by atoms with van der Waals surface area (Å²) in [6.45, 7) is 15.5. The second-order valence-electron chi connectivity index (χ2n) is 10.2. The maximum Gasteiger partial charge on any atom is 0.102 e. The second kappa shape index (κ2) is 27.5. The first-order valence-electron chi connectivity index (χ1n) is 14.3. The predicted octanol–water partition coefficient (Wildman–Crippen LogP) is 3.57. The first-order valence-corrected chi connectivity index (χ1v) is 14.3. The maximum atomic E-state index is 11.1. The van der Waals surface area contributed by atoms with Crippen LogP contribution in [0.25, 0.3) is 0 Å². The molecule has 0 heterocycles. The molecule has 226 valence electrons. The van der Waals surface area contributed by atoms with E-state index in [4.69, 9.17) is 33.2 Å². The number of carboxylic acid groups (broad SMARTS) is 1. The molecule has 0 amide bonds. The number of aliphatic carboxylic acids is 1. The fourth-order valence-corrected chi connectivity index (χ4v) is 3.47. The van der Waals surface area contributed by atoms with Gasteiger partial charge in [0, 0.05) is 6.61 Å². The molecule has 0 aromatic carbocycles. The first-order chi connectivity index (χ1) is 18.4. The highest BCUT2D eigenvalue weighted by molar-refractivity contribution is 5.71. The van der Waals surface area contributed by atoms with Crippen LogP contribution in [0.15, 0.2) is 12.7 Å². The van der Waals surface area contributed by atoms with Gasteiger partial charge in [-0.15, -0.1) is 6.58 Å². The van der Waals surface area contributed by atoms with Crippen LogP contribution in [0.2, 0.25) is 0 Å². The minimum absolute atomic E-state index is 0.190. The SMILES string of the molecule is C=CCCCCCCCCCOCCOCCOCCOCCOCCOCCOC(C(=O)[O-])C(C)(C)C. The largest absolute Gasteiger partial charge is 0.547 e.